The molecule has 1 amide bonds. The SMILES string of the molecule is CC1(C(=O)NC(C2CC2)C2CC2)CCCC1N. The monoisotopic (exact) mass is 236 g/mol. The van der Waals surface area contributed by atoms with Crippen LogP contribution in [0.25, 0.3) is 0 Å². The summed E-state index contributed by atoms with van der Waals surface area (Å²) in [7, 11) is 0. The van der Waals surface area contributed by atoms with Crippen LogP contribution in [0, 0.1) is 17.3 Å². The molecule has 0 bridgehead atoms. The second-order valence-electron chi connectivity index (χ2n) is 6.59. The lowest BCUT2D eigenvalue weighted by Gasteiger charge is -2.30. The zero-order valence-corrected chi connectivity index (χ0v) is 10.7. The van der Waals surface area contributed by atoms with E-state index >= 15 is 0 Å². The van der Waals surface area contributed by atoms with E-state index in [1.54, 1.807) is 0 Å². The Morgan fingerprint density at radius 2 is 1.82 bits per heavy atom. The van der Waals surface area contributed by atoms with Crippen molar-refractivity contribution < 1.29 is 4.79 Å². The minimum absolute atomic E-state index is 0.0570. The Kier molecular flexibility index (Phi) is 2.69. The van der Waals surface area contributed by atoms with Gasteiger partial charge in [0.1, 0.15) is 0 Å². The van der Waals surface area contributed by atoms with E-state index in [0.717, 1.165) is 31.1 Å². The van der Waals surface area contributed by atoms with Gasteiger partial charge in [-0.2, -0.15) is 0 Å². The molecule has 96 valence electrons. The number of hydrogen-bond donors (Lipinski definition) is 2. The Morgan fingerprint density at radius 1 is 1.24 bits per heavy atom. The van der Waals surface area contributed by atoms with Crippen LogP contribution in [0.2, 0.25) is 0 Å². The zero-order chi connectivity index (χ0) is 12.0. The molecule has 3 nitrogen and oxygen atoms in total. The van der Waals surface area contributed by atoms with E-state index in [4.69, 9.17) is 5.73 Å². The van der Waals surface area contributed by atoms with Crippen molar-refractivity contribution in [3.05, 3.63) is 0 Å². The highest BCUT2D eigenvalue weighted by molar-refractivity contribution is 5.83. The quantitative estimate of drug-likeness (QED) is 0.782. The van der Waals surface area contributed by atoms with E-state index in [9.17, 15) is 4.79 Å². The van der Waals surface area contributed by atoms with Crippen LogP contribution in [0.3, 0.4) is 0 Å². The van der Waals surface area contributed by atoms with Crippen molar-refractivity contribution in [2.45, 2.75) is 64.0 Å². The smallest absolute Gasteiger partial charge is 0.227 e. The molecule has 0 aliphatic heterocycles. The summed E-state index contributed by atoms with van der Waals surface area (Å²) in [5, 5.41) is 3.33. The van der Waals surface area contributed by atoms with Crippen LogP contribution in [-0.4, -0.2) is 18.0 Å². The number of nitrogens with one attached hydrogen (secondary N) is 1. The molecule has 3 fully saturated rings. The lowest BCUT2D eigenvalue weighted by Crippen LogP contribution is -2.51. The Labute approximate surface area is 104 Å². The lowest BCUT2D eigenvalue weighted by molar-refractivity contribution is -0.131. The van der Waals surface area contributed by atoms with E-state index in [1.165, 1.54) is 25.7 Å². The number of amides is 1. The first-order valence-electron chi connectivity index (χ1n) is 7.18. The highest BCUT2D eigenvalue weighted by Gasteiger charge is 2.47. The maximum Gasteiger partial charge on any atom is 0.227 e. The minimum atomic E-state index is -0.304. The van der Waals surface area contributed by atoms with Gasteiger partial charge in [0.15, 0.2) is 0 Å². The Morgan fingerprint density at radius 3 is 2.24 bits per heavy atom. The normalized spacial score (nSPS) is 37.5. The summed E-state index contributed by atoms with van der Waals surface area (Å²) in [6.45, 7) is 2.05. The van der Waals surface area contributed by atoms with Gasteiger partial charge >= 0.3 is 0 Å². The van der Waals surface area contributed by atoms with Gasteiger partial charge in [0.2, 0.25) is 5.91 Å². The molecule has 0 aromatic carbocycles. The molecule has 17 heavy (non-hydrogen) atoms. The van der Waals surface area contributed by atoms with Crippen molar-refractivity contribution in [1.29, 1.82) is 0 Å². The van der Waals surface area contributed by atoms with Gasteiger partial charge in [0, 0.05) is 12.1 Å². The number of carbonyl (C=O) groups is 1. The summed E-state index contributed by atoms with van der Waals surface area (Å²) in [6, 6.07) is 0.522. The van der Waals surface area contributed by atoms with Gasteiger partial charge < -0.3 is 11.1 Å². The molecule has 3 saturated carbocycles. The van der Waals surface area contributed by atoms with E-state index in [0.29, 0.717) is 6.04 Å². The molecule has 0 saturated heterocycles. The van der Waals surface area contributed by atoms with Crippen LogP contribution in [0.5, 0.6) is 0 Å². The van der Waals surface area contributed by atoms with E-state index in [2.05, 4.69) is 12.2 Å². The van der Waals surface area contributed by atoms with Crippen molar-refractivity contribution in [2.75, 3.05) is 0 Å². The molecular formula is C14H24N2O. The minimum Gasteiger partial charge on any atom is -0.352 e. The van der Waals surface area contributed by atoms with Crippen LogP contribution < -0.4 is 11.1 Å². The summed E-state index contributed by atoms with van der Waals surface area (Å²) in [5.41, 5.74) is 5.81. The van der Waals surface area contributed by atoms with Crippen molar-refractivity contribution in [2.24, 2.45) is 23.0 Å². The first-order valence-corrected chi connectivity index (χ1v) is 7.18. The first-order chi connectivity index (χ1) is 8.11. The van der Waals surface area contributed by atoms with Gasteiger partial charge in [0.05, 0.1) is 5.41 Å². The third-order valence-corrected chi connectivity index (χ3v) is 5.11. The molecule has 3 aliphatic rings. The van der Waals surface area contributed by atoms with Crippen LogP contribution >= 0.6 is 0 Å². The third kappa shape index (κ3) is 2.10. The molecule has 0 aromatic rings. The zero-order valence-electron chi connectivity index (χ0n) is 10.7. The topological polar surface area (TPSA) is 55.1 Å². The second kappa shape index (κ2) is 3.98. The molecule has 2 atom stereocenters. The predicted octanol–water partition coefficient (Wildman–Crippen LogP) is 1.81. The van der Waals surface area contributed by atoms with Gasteiger partial charge in [-0.05, 0) is 57.3 Å². The molecule has 0 radical (unpaired) electrons. The Balaban J connectivity index is 1.65. The van der Waals surface area contributed by atoms with Crippen LogP contribution in [0.15, 0.2) is 0 Å². The fraction of sp³-hybridized carbons (Fsp3) is 0.929. The molecule has 3 aliphatic carbocycles. The summed E-state index contributed by atoms with van der Waals surface area (Å²) < 4.78 is 0. The Bertz CT molecular complexity index is 310. The van der Waals surface area contributed by atoms with E-state index < -0.39 is 0 Å². The maximum absolute atomic E-state index is 12.5. The molecule has 3 heteroatoms. The largest absolute Gasteiger partial charge is 0.352 e. The van der Waals surface area contributed by atoms with Crippen LogP contribution in [-0.2, 0) is 4.79 Å². The highest BCUT2D eigenvalue weighted by Crippen LogP contribution is 2.45. The van der Waals surface area contributed by atoms with Gasteiger partial charge in [-0.3, -0.25) is 4.79 Å². The first kappa shape index (κ1) is 11.5. The molecule has 0 aromatic heterocycles. The van der Waals surface area contributed by atoms with Crippen LogP contribution in [0.1, 0.15) is 51.9 Å². The molecule has 0 spiro atoms. The van der Waals surface area contributed by atoms with Gasteiger partial charge in [-0.1, -0.05) is 6.42 Å². The van der Waals surface area contributed by atoms with Crippen molar-refractivity contribution in [1.82, 2.24) is 5.32 Å². The van der Waals surface area contributed by atoms with Gasteiger partial charge in [-0.15, -0.1) is 0 Å². The van der Waals surface area contributed by atoms with Crippen molar-refractivity contribution >= 4 is 5.91 Å². The Hall–Kier alpha value is -0.570. The molecule has 0 heterocycles. The van der Waals surface area contributed by atoms with E-state index in [1.807, 2.05) is 0 Å². The number of hydrogen-bond acceptors (Lipinski definition) is 2. The fourth-order valence-electron chi connectivity index (χ4n) is 3.32. The van der Waals surface area contributed by atoms with Crippen LogP contribution in [0.4, 0.5) is 0 Å². The fourth-order valence-corrected chi connectivity index (χ4v) is 3.32. The predicted molar refractivity (Wildman–Crippen MR) is 67.3 cm³/mol. The average Bonchev–Trinajstić information content (AvgIpc) is 3.17. The summed E-state index contributed by atoms with van der Waals surface area (Å²) in [5.74, 6) is 1.77. The van der Waals surface area contributed by atoms with Crippen molar-refractivity contribution in [3.8, 4) is 0 Å². The van der Waals surface area contributed by atoms with E-state index in [-0.39, 0.29) is 17.4 Å². The standard InChI is InChI=1S/C14H24N2O/c1-14(8-2-3-11(14)15)13(17)16-12(9-4-5-9)10-6-7-10/h9-12H,2-8,15H2,1H3,(H,16,17). The summed E-state index contributed by atoms with van der Waals surface area (Å²) in [6.07, 6.45) is 8.30. The lowest BCUT2D eigenvalue weighted by atomic mass is 9.83. The molecule has 2 unspecified atom stereocenters. The van der Waals surface area contributed by atoms with Gasteiger partial charge in [0.25, 0.3) is 0 Å². The highest BCUT2D eigenvalue weighted by atomic mass is 16.2. The molecule has 3 N–H and O–H groups in total. The van der Waals surface area contributed by atoms with Crippen molar-refractivity contribution in [3.63, 3.8) is 0 Å². The number of nitrogens with two attached hydrogens (primary N) is 1. The molecule has 3 rings (SSSR count). The third-order valence-electron chi connectivity index (χ3n) is 5.11. The second-order valence-corrected chi connectivity index (χ2v) is 6.59. The number of rotatable bonds is 4. The summed E-state index contributed by atoms with van der Waals surface area (Å²) in [4.78, 5) is 12.5. The van der Waals surface area contributed by atoms with Gasteiger partial charge in [-0.25, -0.2) is 0 Å². The maximum atomic E-state index is 12.5. The molecular weight excluding hydrogens is 212 g/mol. The number of carbonyl (C=O) groups excluding carboxylic acids is 1. The average molecular weight is 236 g/mol. The summed E-state index contributed by atoms with van der Waals surface area (Å²) >= 11 is 0.